The first-order chi connectivity index (χ1) is 10.3. The topological polar surface area (TPSA) is 17.1 Å². The molecule has 2 fully saturated rings. The summed E-state index contributed by atoms with van der Waals surface area (Å²) in [5.41, 5.74) is 0. The number of hydrogen-bond donors (Lipinski definition) is 0. The van der Waals surface area contributed by atoms with E-state index < -0.39 is 13.8 Å². The monoisotopic (exact) mass is 374 g/mol. The van der Waals surface area contributed by atoms with E-state index >= 15 is 0 Å². The van der Waals surface area contributed by atoms with Crippen LogP contribution >= 0.6 is 0 Å². The van der Waals surface area contributed by atoms with Crippen molar-refractivity contribution in [2.75, 3.05) is 0 Å². The van der Waals surface area contributed by atoms with Crippen LogP contribution in [0.25, 0.3) is 0 Å². The second kappa shape index (κ2) is 7.93. The van der Waals surface area contributed by atoms with E-state index in [1.165, 1.54) is 38.5 Å². The number of rotatable bonds is 4. The van der Waals surface area contributed by atoms with Crippen LogP contribution in [0.1, 0.15) is 80.1 Å². The van der Waals surface area contributed by atoms with Crippen LogP contribution in [0.5, 0.6) is 0 Å². The molecule has 2 aliphatic rings. The Morgan fingerprint density at radius 2 is 1.09 bits per heavy atom. The fourth-order valence-electron chi connectivity index (χ4n) is 4.99. The van der Waals surface area contributed by atoms with Crippen LogP contribution in [-0.2, 0) is 3.83 Å². The molecule has 1 nitrogen and oxygen atoms in total. The van der Waals surface area contributed by atoms with Gasteiger partial charge in [0.2, 0.25) is 0 Å². The quantitative estimate of drug-likeness (QED) is 0.526. The maximum atomic E-state index is 13.7. The molecular formula is C20H38OSe. The van der Waals surface area contributed by atoms with E-state index in [0.29, 0.717) is 21.5 Å². The molecule has 130 valence electrons. The molecule has 22 heavy (non-hydrogen) atoms. The van der Waals surface area contributed by atoms with Crippen molar-refractivity contribution in [3.05, 3.63) is 0 Å². The second-order valence-electron chi connectivity index (χ2n) is 9.06. The summed E-state index contributed by atoms with van der Waals surface area (Å²) in [6, 6.07) is 0. The summed E-state index contributed by atoms with van der Waals surface area (Å²) < 4.78 is 13.7. The molecule has 0 bridgehead atoms. The van der Waals surface area contributed by atoms with E-state index in [-0.39, 0.29) is 0 Å². The molecule has 6 atom stereocenters. The van der Waals surface area contributed by atoms with E-state index in [1.54, 1.807) is 0 Å². The summed E-state index contributed by atoms with van der Waals surface area (Å²) in [5.74, 6) is 4.44. The zero-order valence-corrected chi connectivity index (χ0v) is 17.4. The Labute approximate surface area is 143 Å². The summed E-state index contributed by atoms with van der Waals surface area (Å²) in [6.07, 6.45) is 7.83. The van der Waals surface area contributed by atoms with Crippen molar-refractivity contribution in [3.8, 4) is 0 Å². The normalized spacial score (nSPS) is 40.6. The molecule has 0 N–H and O–H groups in total. The summed E-state index contributed by atoms with van der Waals surface area (Å²) in [6.45, 7) is 14.2. The first-order valence-corrected chi connectivity index (χ1v) is 12.4. The Bertz CT molecular complexity index is 342. The molecular weight excluding hydrogens is 335 g/mol. The van der Waals surface area contributed by atoms with Gasteiger partial charge in [0.05, 0.1) is 0 Å². The van der Waals surface area contributed by atoms with Gasteiger partial charge in [0.15, 0.2) is 0 Å². The molecule has 2 aliphatic carbocycles. The molecule has 0 aromatic heterocycles. The third-order valence-electron chi connectivity index (χ3n) is 6.52. The van der Waals surface area contributed by atoms with Crippen molar-refractivity contribution < 1.29 is 3.83 Å². The molecule has 0 aliphatic heterocycles. The van der Waals surface area contributed by atoms with E-state index in [2.05, 4.69) is 41.5 Å². The zero-order chi connectivity index (χ0) is 16.4. The molecule has 2 heteroatoms. The molecule has 0 aromatic rings. The van der Waals surface area contributed by atoms with Gasteiger partial charge in [-0.2, -0.15) is 0 Å². The average Bonchev–Trinajstić information content (AvgIpc) is 2.45. The van der Waals surface area contributed by atoms with Gasteiger partial charge in [0, 0.05) is 0 Å². The van der Waals surface area contributed by atoms with Crippen LogP contribution in [0.4, 0.5) is 0 Å². The molecule has 2 saturated carbocycles. The Morgan fingerprint density at radius 3 is 1.41 bits per heavy atom. The Hall–Kier alpha value is 0.319. The van der Waals surface area contributed by atoms with E-state index in [0.717, 1.165) is 23.7 Å². The average molecular weight is 373 g/mol. The van der Waals surface area contributed by atoms with Crippen molar-refractivity contribution in [1.82, 2.24) is 0 Å². The summed E-state index contributed by atoms with van der Waals surface area (Å²) in [4.78, 5) is 1.11. The zero-order valence-electron chi connectivity index (χ0n) is 15.7. The van der Waals surface area contributed by atoms with Gasteiger partial charge in [-0.15, -0.1) is 0 Å². The minimum atomic E-state index is -1.76. The first-order valence-electron chi connectivity index (χ1n) is 9.70. The fraction of sp³-hybridized carbons (Fsp3) is 1.00. The molecule has 0 heterocycles. The van der Waals surface area contributed by atoms with Crippen molar-refractivity contribution in [3.63, 3.8) is 0 Å². The fourth-order valence-corrected chi connectivity index (χ4v) is 11.4. The first kappa shape index (κ1) is 18.7. The standard InChI is InChI=1S/C20H38OSe/c1-13(2)17-9-7-15(5)11-19(17)22(21)20-12-16(6)8-10-18(20)14(3)4/h13-20H,7-12H2,1-6H3/t15-,16-,17+,18+,19-,20-/m0/s1. The molecule has 0 radical (unpaired) electrons. The van der Waals surface area contributed by atoms with Gasteiger partial charge < -0.3 is 0 Å². The van der Waals surface area contributed by atoms with Crippen LogP contribution in [0.15, 0.2) is 0 Å². The van der Waals surface area contributed by atoms with Gasteiger partial charge in [-0.1, -0.05) is 0 Å². The van der Waals surface area contributed by atoms with Crippen molar-refractivity contribution in [2.24, 2.45) is 35.5 Å². The third kappa shape index (κ3) is 4.23. The summed E-state index contributed by atoms with van der Waals surface area (Å²) in [7, 11) is 0. The van der Waals surface area contributed by atoms with Crippen molar-refractivity contribution in [1.29, 1.82) is 0 Å². The SMILES string of the molecule is CC(C)[C@H]1CC[C@H](C)C[C@@H]1[Se](=O)[C@H]1C[C@@H](C)CC[C@@H]1C(C)C. The molecule has 0 saturated heterocycles. The molecule has 0 amide bonds. The predicted molar refractivity (Wildman–Crippen MR) is 96.6 cm³/mol. The van der Waals surface area contributed by atoms with E-state index in [1.807, 2.05) is 0 Å². The van der Waals surface area contributed by atoms with E-state index in [9.17, 15) is 3.83 Å². The van der Waals surface area contributed by atoms with Crippen molar-refractivity contribution in [2.45, 2.75) is 89.7 Å². The van der Waals surface area contributed by atoms with Crippen LogP contribution in [0.3, 0.4) is 0 Å². The number of hydrogen-bond acceptors (Lipinski definition) is 1. The third-order valence-corrected chi connectivity index (χ3v) is 11.3. The van der Waals surface area contributed by atoms with Crippen molar-refractivity contribution >= 4 is 13.8 Å². The van der Waals surface area contributed by atoms with Crippen LogP contribution in [0.2, 0.25) is 9.63 Å². The Balaban J connectivity index is 2.18. The van der Waals surface area contributed by atoms with Gasteiger partial charge in [-0.25, -0.2) is 0 Å². The van der Waals surface area contributed by atoms with Gasteiger partial charge in [0.1, 0.15) is 0 Å². The maximum absolute atomic E-state index is 13.7. The molecule has 0 aromatic carbocycles. The van der Waals surface area contributed by atoms with Gasteiger partial charge in [-0.05, 0) is 0 Å². The summed E-state index contributed by atoms with van der Waals surface area (Å²) >= 11 is -1.76. The molecule has 0 unspecified atom stereocenters. The van der Waals surface area contributed by atoms with E-state index in [4.69, 9.17) is 0 Å². The van der Waals surface area contributed by atoms with Crippen LogP contribution in [0, 0.1) is 35.5 Å². The van der Waals surface area contributed by atoms with Crippen LogP contribution < -0.4 is 0 Å². The summed E-state index contributed by atoms with van der Waals surface area (Å²) in [5, 5.41) is 0. The Kier molecular flexibility index (Phi) is 6.72. The second-order valence-corrected chi connectivity index (χ2v) is 13.0. The molecule has 2 rings (SSSR count). The van der Waals surface area contributed by atoms with Crippen LogP contribution in [-0.4, -0.2) is 13.8 Å². The molecule has 0 spiro atoms. The Morgan fingerprint density at radius 1 is 0.727 bits per heavy atom. The predicted octanol–water partition coefficient (Wildman–Crippen LogP) is 6.33. The van der Waals surface area contributed by atoms with Gasteiger partial charge >= 0.3 is 143 Å². The minimum absolute atomic E-state index is 0.556. The van der Waals surface area contributed by atoms with Gasteiger partial charge in [-0.3, -0.25) is 0 Å². The van der Waals surface area contributed by atoms with Gasteiger partial charge in [0.25, 0.3) is 0 Å².